The van der Waals surface area contributed by atoms with Gasteiger partial charge in [0.15, 0.2) is 0 Å². The summed E-state index contributed by atoms with van der Waals surface area (Å²) in [6, 6.07) is 6.18. The van der Waals surface area contributed by atoms with Crippen LogP contribution in [0.4, 0.5) is 5.69 Å². The summed E-state index contributed by atoms with van der Waals surface area (Å²) < 4.78 is 0. The minimum atomic E-state index is 1.01. The molecule has 12 heavy (non-hydrogen) atoms. The predicted molar refractivity (Wildman–Crippen MR) is 50.3 cm³/mol. The van der Waals surface area contributed by atoms with Gasteiger partial charge in [0.1, 0.15) is 0 Å². The summed E-state index contributed by atoms with van der Waals surface area (Å²) in [5.74, 6) is 0. The first-order valence-corrected chi connectivity index (χ1v) is 3.86. The smallest absolute Gasteiger partial charge is 0.0610 e. The lowest BCUT2D eigenvalue weighted by atomic mass is 10.1. The van der Waals surface area contributed by atoms with E-state index in [1.54, 1.807) is 7.05 Å². The van der Waals surface area contributed by atoms with Crippen molar-refractivity contribution >= 4 is 5.69 Å². The molecule has 0 unspecified atom stereocenters. The van der Waals surface area contributed by atoms with Crippen LogP contribution < -0.4 is 5.43 Å². The molecule has 0 aliphatic heterocycles. The molecule has 0 heterocycles. The molecule has 0 bridgehead atoms. The molecule has 0 aliphatic carbocycles. The Labute approximate surface area is 72.5 Å². The summed E-state index contributed by atoms with van der Waals surface area (Å²) in [7, 11) is 1.64. The first-order valence-electron chi connectivity index (χ1n) is 3.86. The van der Waals surface area contributed by atoms with Crippen molar-refractivity contribution in [1.29, 1.82) is 0 Å². The first-order chi connectivity index (χ1) is 5.74. The molecule has 0 radical (unpaired) electrons. The van der Waals surface area contributed by atoms with Crippen LogP contribution in [-0.4, -0.2) is 7.05 Å². The van der Waals surface area contributed by atoms with Gasteiger partial charge in [-0.2, -0.15) is 5.11 Å². The van der Waals surface area contributed by atoms with Gasteiger partial charge in [0.25, 0.3) is 0 Å². The molecule has 3 heteroatoms. The minimum absolute atomic E-state index is 1.01. The third-order valence-corrected chi connectivity index (χ3v) is 1.66. The molecule has 0 spiro atoms. The van der Waals surface area contributed by atoms with Crippen LogP contribution in [0.1, 0.15) is 11.1 Å². The Morgan fingerprint density at radius 3 is 2.67 bits per heavy atom. The van der Waals surface area contributed by atoms with Gasteiger partial charge in [-0.3, -0.25) is 5.43 Å². The Balaban J connectivity index is 2.89. The van der Waals surface area contributed by atoms with Crippen molar-refractivity contribution in [3.05, 3.63) is 29.3 Å². The molecule has 0 saturated carbocycles. The van der Waals surface area contributed by atoms with Gasteiger partial charge in [-0.1, -0.05) is 17.4 Å². The minimum Gasteiger partial charge on any atom is -0.260 e. The lowest BCUT2D eigenvalue weighted by molar-refractivity contribution is 1.08. The summed E-state index contributed by atoms with van der Waals surface area (Å²) in [4.78, 5) is 0. The van der Waals surface area contributed by atoms with Gasteiger partial charge in [-0.15, -0.1) is 0 Å². The van der Waals surface area contributed by atoms with Crippen LogP contribution in [-0.2, 0) is 0 Å². The Morgan fingerprint density at radius 1 is 1.25 bits per heavy atom. The number of benzene rings is 1. The van der Waals surface area contributed by atoms with Crippen molar-refractivity contribution in [3.63, 3.8) is 0 Å². The number of hydrogen-bond acceptors (Lipinski definition) is 2. The van der Waals surface area contributed by atoms with Gasteiger partial charge in [0.05, 0.1) is 12.7 Å². The summed E-state index contributed by atoms with van der Waals surface area (Å²) in [5.41, 5.74) is 6.27. The van der Waals surface area contributed by atoms with Crippen LogP contribution in [0.25, 0.3) is 0 Å². The van der Waals surface area contributed by atoms with Crippen molar-refractivity contribution in [3.8, 4) is 0 Å². The average molecular weight is 163 g/mol. The molecule has 1 N–H and O–H groups in total. The summed E-state index contributed by atoms with van der Waals surface area (Å²) in [6.45, 7) is 4.08. The van der Waals surface area contributed by atoms with Crippen LogP contribution in [0.15, 0.2) is 28.5 Å². The van der Waals surface area contributed by atoms with E-state index in [1.165, 1.54) is 11.1 Å². The van der Waals surface area contributed by atoms with Crippen molar-refractivity contribution in [2.45, 2.75) is 13.8 Å². The molecular formula is C9H13N3. The summed E-state index contributed by atoms with van der Waals surface area (Å²) >= 11 is 0. The largest absolute Gasteiger partial charge is 0.260 e. The Bertz CT molecular complexity index is 292. The molecule has 1 aromatic rings. The number of nitrogens with one attached hydrogen (secondary N) is 1. The van der Waals surface area contributed by atoms with E-state index in [1.807, 2.05) is 19.9 Å². The number of aryl methyl sites for hydroxylation is 2. The maximum atomic E-state index is 3.72. The average Bonchev–Trinajstić information content (AvgIpc) is 2.07. The second-order valence-electron chi connectivity index (χ2n) is 2.73. The fourth-order valence-corrected chi connectivity index (χ4v) is 0.960. The molecule has 0 fully saturated rings. The summed E-state index contributed by atoms with van der Waals surface area (Å²) in [6.07, 6.45) is 0. The SMILES string of the molecule is CN=NNc1cc(C)ccc1C. The monoisotopic (exact) mass is 163 g/mol. The second kappa shape index (κ2) is 3.85. The van der Waals surface area contributed by atoms with E-state index in [4.69, 9.17) is 0 Å². The van der Waals surface area contributed by atoms with E-state index in [9.17, 15) is 0 Å². The number of nitrogens with zero attached hydrogens (tertiary/aromatic N) is 2. The third kappa shape index (κ3) is 2.05. The van der Waals surface area contributed by atoms with E-state index < -0.39 is 0 Å². The fourth-order valence-electron chi connectivity index (χ4n) is 0.960. The topological polar surface area (TPSA) is 36.8 Å². The van der Waals surface area contributed by atoms with Crippen LogP contribution >= 0.6 is 0 Å². The fraction of sp³-hybridized carbons (Fsp3) is 0.333. The van der Waals surface area contributed by atoms with E-state index in [-0.39, 0.29) is 0 Å². The third-order valence-electron chi connectivity index (χ3n) is 1.66. The zero-order chi connectivity index (χ0) is 8.97. The molecule has 0 aliphatic rings. The molecule has 3 nitrogen and oxygen atoms in total. The predicted octanol–water partition coefficient (Wildman–Crippen LogP) is 2.71. The molecule has 0 saturated heterocycles. The van der Waals surface area contributed by atoms with Crippen molar-refractivity contribution < 1.29 is 0 Å². The van der Waals surface area contributed by atoms with E-state index >= 15 is 0 Å². The summed E-state index contributed by atoms with van der Waals surface area (Å²) in [5, 5.41) is 7.33. The molecule has 1 aromatic carbocycles. The standard InChI is InChI=1S/C9H13N3/c1-7-4-5-8(2)9(6-7)11-12-10-3/h4-6H,1-3H3,(H,10,11). The molecule has 0 atom stereocenters. The molecule has 64 valence electrons. The zero-order valence-corrected chi connectivity index (χ0v) is 7.63. The molecule has 0 aromatic heterocycles. The van der Waals surface area contributed by atoms with Crippen LogP contribution in [0.3, 0.4) is 0 Å². The Kier molecular flexibility index (Phi) is 2.80. The van der Waals surface area contributed by atoms with Gasteiger partial charge in [0, 0.05) is 0 Å². The molecular weight excluding hydrogens is 150 g/mol. The van der Waals surface area contributed by atoms with Crippen LogP contribution in [0.5, 0.6) is 0 Å². The van der Waals surface area contributed by atoms with Crippen LogP contribution in [0, 0.1) is 13.8 Å². The maximum absolute atomic E-state index is 3.72. The zero-order valence-electron chi connectivity index (χ0n) is 7.63. The number of rotatable bonds is 2. The van der Waals surface area contributed by atoms with E-state index in [0.29, 0.717) is 0 Å². The van der Waals surface area contributed by atoms with Crippen molar-refractivity contribution in [1.82, 2.24) is 0 Å². The van der Waals surface area contributed by atoms with Gasteiger partial charge < -0.3 is 0 Å². The van der Waals surface area contributed by atoms with Crippen molar-refractivity contribution in [2.24, 2.45) is 10.3 Å². The second-order valence-corrected chi connectivity index (χ2v) is 2.73. The highest BCUT2D eigenvalue weighted by Gasteiger charge is 1.95. The highest BCUT2D eigenvalue weighted by molar-refractivity contribution is 5.51. The van der Waals surface area contributed by atoms with E-state index in [0.717, 1.165) is 5.69 Å². The highest BCUT2D eigenvalue weighted by Crippen LogP contribution is 2.15. The number of hydrogen-bond donors (Lipinski definition) is 1. The normalized spacial score (nSPS) is 10.6. The van der Waals surface area contributed by atoms with Gasteiger partial charge >= 0.3 is 0 Å². The van der Waals surface area contributed by atoms with Gasteiger partial charge in [0.2, 0.25) is 0 Å². The Morgan fingerprint density at radius 2 is 2.00 bits per heavy atom. The maximum Gasteiger partial charge on any atom is 0.0610 e. The van der Waals surface area contributed by atoms with Crippen molar-refractivity contribution in [2.75, 3.05) is 12.5 Å². The van der Waals surface area contributed by atoms with Gasteiger partial charge in [-0.25, -0.2) is 0 Å². The highest BCUT2D eigenvalue weighted by atomic mass is 15.4. The quantitative estimate of drug-likeness (QED) is 0.528. The van der Waals surface area contributed by atoms with Crippen LogP contribution in [0.2, 0.25) is 0 Å². The lowest BCUT2D eigenvalue weighted by Crippen LogP contribution is -1.90. The van der Waals surface area contributed by atoms with E-state index in [2.05, 4.69) is 27.9 Å². The Hall–Kier alpha value is -1.38. The lowest BCUT2D eigenvalue weighted by Gasteiger charge is -2.03. The molecule has 0 amide bonds. The van der Waals surface area contributed by atoms with Gasteiger partial charge in [-0.05, 0) is 31.0 Å². The number of anilines is 1. The first kappa shape index (κ1) is 8.71. The molecule has 1 rings (SSSR count).